The number of hydrogen-bond donors (Lipinski definition) is 2. The van der Waals surface area contributed by atoms with Gasteiger partial charge >= 0.3 is 0 Å². The van der Waals surface area contributed by atoms with Gasteiger partial charge in [0.25, 0.3) is 0 Å². The molecule has 0 amide bonds. The monoisotopic (exact) mass is 334 g/mol. The molecule has 4 rings (SSSR count). The first-order chi connectivity index (χ1) is 12.1. The van der Waals surface area contributed by atoms with E-state index in [0.29, 0.717) is 6.04 Å². The third kappa shape index (κ3) is 3.13. The van der Waals surface area contributed by atoms with Crippen molar-refractivity contribution in [3.8, 4) is 11.4 Å². The second kappa shape index (κ2) is 6.51. The average molecular weight is 334 g/mol. The topological polar surface area (TPSA) is 53.6 Å². The van der Waals surface area contributed by atoms with Gasteiger partial charge in [-0.1, -0.05) is 37.3 Å². The first kappa shape index (κ1) is 16.1. The minimum atomic E-state index is 0.507. The maximum absolute atomic E-state index is 4.92. The molecule has 0 atom stereocenters. The van der Waals surface area contributed by atoms with Gasteiger partial charge in [-0.3, -0.25) is 0 Å². The number of hydrogen-bond acceptors (Lipinski definition) is 3. The Balaban J connectivity index is 1.77. The molecule has 0 unspecified atom stereocenters. The molecule has 1 saturated carbocycles. The number of aromatic nitrogens is 3. The molecule has 0 radical (unpaired) electrons. The maximum atomic E-state index is 4.92. The highest BCUT2D eigenvalue weighted by molar-refractivity contribution is 5.92. The molecule has 0 bridgehead atoms. The minimum absolute atomic E-state index is 0.507. The summed E-state index contributed by atoms with van der Waals surface area (Å²) >= 11 is 0. The predicted molar refractivity (Wildman–Crippen MR) is 104 cm³/mol. The van der Waals surface area contributed by atoms with Crippen molar-refractivity contribution in [3.63, 3.8) is 0 Å². The van der Waals surface area contributed by atoms with E-state index in [-0.39, 0.29) is 0 Å². The number of anilines is 1. The fourth-order valence-electron chi connectivity index (χ4n) is 3.78. The van der Waals surface area contributed by atoms with Crippen LogP contribution in [-0.4, -0.2) is 21.0 Å². The first-order valence-corrected chi connectivity index (χ1v) is 9.30. The summed E-state index contributed by atoms with van der Waals surface area (Å²) in [7, 11) is 0. The molecule has 1 fully saturated rings. The number of nitrogens with zero attached hydrogens (tertiary/aromatic N) is 2. The Bertz CT molecular complexity index is 874. The van der Waals surface area contributed by atoms with Crippen molar-refractivity contribution >= 4 is 16.9 Å². The van der Waals surface area contributed by atoms with Gasteiger partial charge in [0.15, 0.2) is 5.82 Å². The van der Waals surface area contributed by atoms with Gasteiger partial charge < -0.3 is 10.3 Å². The van der Waals surface area contributed by atoms with Crippen molar-refractivity contribution in [2.45, 2.75) is 52.5 Å². The van der Waals surface area contributed by atoms with Gasteiger partial charge in [-0.15, -0.1) is 0 Å². The Labute approximate surface area is 149 Å². The minimum Gasteiger partial charge on any atom is -0.367 e. The van der Waals surface area contributed by atoms with E-state index in [2.05, 4.69) is 43.2 Å². The molecule has 0 aliphatic heterocycles. The third-order valence-corrected chi connectivity index (χ3v) is 5.54. The summed E-state index contributed by atoms with van der Waals surface area (Å²) in [4.78, 5) is 13.1. The van der Waals surface area contributed by atoms with Gasteiger partial charge in [0.2, 0.25) is 0 Å². The number of aromatic amines is 1. The molecule has 4 nitrogen and oxygen atoms in total. The highest BCUT2D eigenvalue weighted by Gasteiger charge is 2.21. The van der Waals surface area contributed by atoms with Gasteiger partial charge in [0.1, 0.15) is 11.5 Å². The summed E-state index contributed by atoms with van der Waals surface area (Å²) in [5.74, 6) is 2.60. The van der Waals surface area contributed by atoms with Crippen LogP contribution in [0.25, 0.3) is 22.4 Å². The largest absolute Gasteiger partial charge is 0.367 e. The van der Waals surface area contributed by atoms with Gasteiger partial charge in [-0.05, 0) is 51.0 Å². The van der Waals surface area contributed by atoms with Crippen LogP contribution in [0.15, 0.2) is 30.3 Å². The van der Waals surface area contributed by atoms with Crippen LogP contribution in [-0.2, 0) is 0 Å². The van der Waals surface area contributed by atoms with Crippen LogP contribution < -0.4 is 5.32 Å². The summed E-state index contributed by atoms with van der Waals surface area (Å²) in [6.07, 6.45) is 5.02. The highest BCUT2D eigenvalue weighted by Crippen LogP contribution is 2.32. The van der Waals surface area contributed by atoms with E-state index in [9.17, 15) is 0 Å². The quantitative estimate of drug-likeness (QED) is 0.689. The smallest absolute Gasteiger partial charge is 0.163 e. The normalized spacial score (nSPS) is 20.8. The lowest BCUT2D eigenvalue weighted by atomic mass is 9.87. The molecule has 0 spiro atoms. The van der Waals surface area contributed by atoms with E-state index < -0.39 is 0 Å². The summed E-state index contributed by atoms with van der Waals surface area (Å²) in [5, 5.41) is 4.87. The van der Waals surface area contributed by atoms with E-state index in [1.165, 1.54) is 31.2 Å². The number of fused-ring (bicyclic) bond motifs is 1. The molecule has 3 aromatic rings. The SMILES string of the molecule is Cc1[nH]c2nc(-c3ccccc3)nc(NC3CCC(C)CC3)c2c1C. The number of nitrogens with one attached hydrogen (secondary N) is 2. The zero-order chi connectivity index (χ0) is 17.4. The second-order valence-corrected chi connectivity index (χ2v) is 7.46. The molecule has 2 heterocycles. The van der Waals surface area contributed by atoms with Crippen molar-refractivity contribution in [3.05, 3.63) is 41.6 Å². The van der Waals surface area contributed by atoms with E-state index in [4.69, 9.17) is 9.97 Å². The van der Waals surface area contributed by atoms with Crippen LogP contribution in [0, 0.1) is 19.8 Å². The molecule has 0 saturated heterocycles. The van der Waals surface area contributed by atoms with Gasteiger partial charge in [-0.2, -0.15) is 0 Å². The lowest BCUT2D eigenvalue weighted by Gasteiger charge is -2.27. The van der Waals surface area contributed by atoms with Crippen molar-refractivity contribution in [2.75, 3.05) is 5.32 Å². The van der Waals surface area contributed by atoms with Crippen LogP contribution in [0.2, 0.25) is 0 Å². The Morgan fingerprint density at radius 1 is 1.00 bits per heavy atom. The molecule has 2 aromatic heterocycles. The van der Waals surface area contributed by atoms with Crippen molar-refractivity contribution in [1.82, 2.24) is 15.0 Å². The van der Waals surface area contributed by atoms with Crippen LogP contribution in [0.1, 0.15) is 43.9 Å². The number of aryl methyl sites for hydroxylation is 2. The number of H-pyrrole nitrogens is 1. The zero-order valence-electron chi connectivity index (χ0n) is 15.3. The van der Waals surface area contributed by atoms with Gasteiger partial charge in [0, 0.05) is 17.3 Å². The predicted octanol–water partition coefficient (Wildman–Crippen LogP) is 5.23. The number of benzene rings is 1. The molecule has 130 valence electrons. The van der Waals surface area contributed by atoms with E-state index in [0.717, 1.165) is 39.9 Å². The molecule has 1 aromatic carbocycles. The first-order valence-electron chi connectivity index (χ1n) is 9.30. The molecular formula is C21H26N4. The number of rotatable bonds is 3. The van der Waals surface area contributed by atoms with E-state index in [1.54, 1.807) is 0 Å². The van der Waals surface area contributed by atoms with Crippen molar-refractivity contribution < 1.29 is 0 Å². The fraction of sp³-hybridized carbons (Fsp3) is 0.429. The Morgan fingerprint density at radius 3 is 2.44 bits per heavy atom. The standard InChI is InChI=1S/C21H26N4/c1-13-9-11-17(12-10-13)23-21-18-14(2)15(3)22-20(18)24-19(25-21)16-7-5-4-6-8-16/h4-8,13,17H,9-12H2,1-3H3,(H2,22,23,24,25). The van der Waals surface area contributed by atoms with E-state index in [1.807, 2.05) is 18.2 Å². The maximum Gasteiger partial charge on any atom is 0.163 e. The van der Waals surface area contributed by atoms with Gasteiger partial charge in [-0.25, -0.2) is 9.97 Å². The Kier molecular flexibility index (Phi) is 4.20. The summed E-state index contributed by atoms with van der Waals surface area (Å²) in [6.45, 7) is 6.60. The lowest BCUT2D eigenvalue weighted by molar-refractivity contribution is 0.361. The average Bonchev–Trinajstić information content (AvgIpc) is 2.92. The summed E-state index contributed by atoms with van der Waals surface area (Å²) in [6, 6.07) is 10.7. The molecule has 1 aliphatic carbocycles. The fourth-order valence-corrected chi connectivity index (χ4v) is 3.78. The molecule has 1 aliphatic rings. The van der Waals surface area contributed by atoms with Crippen LogP contribution in [0.3, 0.4) is 0 Å². The van der Waals surface area contributed by atoms with Crippen LogP contribution >= 0.6 is 0 Å². The second-order valence-electron chi connectivity index (χ2n) is 7.46. The highest BCUT2D eigenvalue weighted by atomic mass is 15.1. The molecule has 2 N–H and O–H groups in total. The van der Waals surface area contributed by atoms with Crippen molar-refractivity contribution in [2.24, 2.45) is 5.92 Å². The zero-order valence-corrected chi connectivity index (χ0v) is 15.3. The van der Waals surface area contributed by atoms with E-state index >= 15 is 0 Å². The van der Waals surface area contributed by atoms with Crippen LogP contribution in [0.4, 0.5) is 5.82 Å². The van der Waals surface area contributed by atoms with Crippen LogP contribution in [0.5, 0.6) is 0 Å². The third-order valence-electron chi connectivity index (χ3n) is 5.54. The molecular weight excluding hydrogens is 308 g/mol. The lowest BCUT2D eigenvalue weighted by Crippen LogP contribution is -2.26. The molecule has 25 heavy (non-hydrogen) atoms. The Hall–Kier alpha value is -2.36. The Morgan fingerprint density at radius 2 is 1.72 bits per heavy atom. The summed E-state index contributed by atoms with van der Waals surface area (Å²) in [5.41, 5.74) is 4.38. The molecule has 4 heteroatoms. The van der Waals surface area contributed by atoms with Crippen molar-refractivity contribution in [1.29, 1.82) is 0 Å². The summed E-state index contributed by atoms with van der Waals surface area (Å²) < 4.78 is 0. The van der Waals surface area contributed by atoms with Gasteiger partial charge in [0.05, 0.1) is 5.39 Å².